The molecule has 0 aromatic rings. The molecule has 0 aromatic heterocycles. The number of nitrogens with zero attached hydrogens (tertiary/aromatic N) is 2. The van der Waals surface area contributed by atoms with Crippen LogP contribution in [0.3, 0.4) is 0 Å². The molecule has 27 heavy (non-hydrogen) atoms. The molecular formula is C18H33N3O5S. The third kappa shape index (κ3) is 6.34. The summed E-state index contributed by atoms with van der Waals surface area (Å²) >= 11 is 0. The second kappa shape index (κ2) is 8.77. The van der Waals surface area contributed by atoms with Gasteiger partial charge < -0.3 is 15.0 Å². The Kier molecular flexibility index (Phi) is 7.13. The van der Waals surface area contributed by atoms with Gasteiger partial charge in [0.05, 0.1) is 5.75 Å². The molecular weight excluding hydrogens is 370 g/mol. The van der Waals surface area contributed by atoms with Gasteiger partial charge in [-0.15, -0.1) is 0 Å². The summed E-state index contributed by atoms with van der Waals surface area (Å²) in [6.45, 7) is 9.16. The molecule has 0 aliphatic carbocycles. The van der Waals surface area contributed by atoms with Crippen molar-refractivity contribution in [3.8, 4) is 0 Å². The zero-order chi connectivity index (χ0) is 20.2. The third-order valence-electron chi connectivity index (χ3n) is 5.09. The van der Waals surface area contributed by atoms with Crippen LogP contribution in [0.2, 0.25) is 0 Å². The Morgan fingerprint density at radius 3 is 2.07 bits per heavy atom. The van der Waals surface area contributed by atoms with E-state index in [1.54, 1.807) is 6.92 Å². The summed E-state index contributed by atoms with van der Waals surface area (Å²) < 4.78 is 30.6. The monoisotopic (exact) mass is 403 g/mol. The Morgan fingerprint density at radius 2 is 1.59 bits per heavy atom. The lowest BCUT2D eigenvalue weighted by Crippen LogP contribution is -2.50. The first-order valence-corrected chi connectivity index (χ1v) is 11.4. The van der Waals surface area contributed by atoms with Gasteiger partial charge in [0.1, 0.15) is 5.60 Å². The molecule has 2 heterocycles. The quantitative estimate of drug-likeness (QED) is 0.769. The number of carbonyl (C=O) groups is 2. The molecule has 2 amide bonds. The highest BCUT2D eigenvalue weighted by Crippen LogP contribution is 2.23. The number of hydrogen-bond acceptors (Lipinski definition) is 5. The van der Waals surface area contributed by atoms with Gasteiger partial charge in [-0.2, -0.15) is 0 Å². The normalized spacial score (nSPS) is 21.1. The minimum absolute atomic E-state index is 0.0143. The maximum atomic E-state index is 12.7. The predicted octanol–water partition coefficient (Wildman–Crippen LogP) is 1.56. The standard InChI is InChI=1S/C18H33N3O5S/c1-5-27(24,25)21-12-6-14(7-13-21)16(22)20-10-8-15(9-11-20)19-17(23)26-18(2,3)4/h14-15H,5-13H2,1-4H3,(H,19,23). The van der Waals surface area contributed by atoms with Gasteiger partial charge in [0.2, 0.25) is 15.9 Å². The van der Waals surface area contributed by atoms with Crippen LogP contribution < -0.4 is 5.32 Å². The van der Waals surface area contributed by atoms with Crippen LogP contribution in [0.1, 0.15) is 53.4 Å². The molecule has 0 spiro atoms. The van der Waals surface area contributed by atoms with Crippen LogP contribution in [-0.4, -0.2) is 73.2 Å². The minimum atomic E-state index is -3.17. The van der Waals surface area contributed by atoms with Crippen LogP contribution in [0.15, 0.2) is 0 Å². The summed E-state index contributed by atoms with van der Waals surface area (Å²) in [5.41, 5.74) is -0.527. The van der Waals surface area contributed by atoms with E-state index in [0.29, 0.717) is 51.9 Å². The minimum Gasteiger partial charge on any atom is -0.444 e. The zero-order valence-electron chi connectivity index (χ0n) is 16.9. The number of amides is 2. The lowest BCUT2D eigenvalue weighted by atomic mass is 9.95. The maximum Gasteiger partial charge on any atom is 0.407 e. The maximum absolute atomic E-state index is 12.7. The van der Waals surface area contributed by atoms with Crippen molar-refractivity contribution in [2.45, 2.75) is 65.0 Å². The topological polar surface area (TPSA) is 96.0 Å². The van der Waals surface area contributed by atoms with Crippen molar-refractivity contribution in [1.82, 2.24) is 14.5 Å². The third-order valence-corrected chi connectivity index (χ3v) is 6.97. The molecule has 2 saturated heterocycles. The summed E-state index contributed by atoms with van der Waals surface area (Å²) in [4.78, 5) is 26.4. The van der Waals surface area contributed by atoms with E-state index in [9.17, 15) is 18.0 Å². The highest BCUT2D eigenvalue weighted by molar-refractivity contribution is 7.89. The Labute approximate surface area is 162 Å². The number of nitrogens with one attached hydrogen (secondary N) is 1. The van der Waals surface area contributed by atoms with Crippen molar-refractivity contribution in [1.29, 1.82) is 0 Å². The highest BCUT2D eigenvalue weighted by atomic mass is 32.2. The van der Waals surface area contributed by atoms with E-state index >= 15 is 0 Å². The molecule has 9 heteroatoms. The fraction of sp³-hybridized carbons (Fsp3) is 0.889. The molecule has 0 unspecified atom stereocenters. The second-order valence-electron chi connectivity index (χ2n) is 8.32. The van der Waals surface area contributed by atoms with E-state index in [2.05, 4.69) is 5.32 Å². The van der Waals surface area contributed by atoms with Crippen LogP contribution in [0.25, 0.3) is 0 Å². The Bertz CT molecular complexity index is 628. The number of piperidine rings is 2. The van der Waals surface area contributed by atoms with E-state index in [4.69, 9.17) is 4.74 Å². The van der Waals surface area contributed by atoms with Crippen molar-refractivity contribution < 1.29 is 22.7 Å². The van der Waals surface area contributed by atoms with Gasteiger partial charge >= 0.3 is 6.09 Å². The lowest BCUT2D eigenvalue weighted by Gasteiger charge is -2.37. The van der Waals surface area contributed by atoms with E-state index in [-0.39, 0.29) is 23.6 Å². The van der Waals surface area contributed by atoms with Crippen LogP contribution in [0.5, 0.6) is 0 Å². The molecule has 0 aromatic carbocycles. The Hall–Kier alpha value is -1.35. The van der Waals surface area contributed by atoms with Crippen LogP contribution in [0.4, 0.5) is 4.79 Å². The van der Waals surface area contributed by atoms with E-state index < -0.39 is 21.7 Å². The number of ether oxygens (including phenoxy) is 1. The van der Waals surface area contributed by atoms with Crippen LogP contribution in [0, 0.1) is 5.92 Å². The van der Waals surface area contributed by atoms with Crippen molar-refractivity contribution in [2.75, 3.05) is 31.9 Å². The van der Waals surface area contributed by atoms with Crippen LogP contribution >= 0.6 is 0 Å². The summed E-state index contributed by atoms with van der Waals surface area (Å²) in [7, 11) is -3.17. The first-order valence-electron chi connectivity index (χ1n) is 9.78. The number of rotatable bonds is 4. The first-order chi connectivity index (χ1) is 12.5. The van der Waals surface area contributed by atoms with E-state index in [0.717, 1.165) is 0 Å². The second-order valence-corrected chi connectivity index (χ2v) is 10.6. The smallest absolute Gasteiger partial charge is 0.407 e. The zero-order valence-corrected chi connectivity index (χ0v) is 17.7. The molecule has 1 N–H and O–H groups in total. The number of carbonyl (C=O) groups excluding carboxylic acids is 2. The summed E-state index contributed by atoms with van der Waals surface area (Å²) in [6, 6.07) is 0.0143. The number of alkyl carbamates (subject to hydrolysis) is 1. The summed E-state index contributed by atoms with van der Waals surface area (Å²) in [5.74, 6) is 0.104. The molecule has 156 valence electrons. The molecule has 0 atom stereocenters. The summed E-state index contributed by atoms with van der Waals surface area (Å²) in [5, 5.41) is 2.87. The average molecular weight is 404 g/mol. The molecule has 2 rings (SSSR count). The Morgan fingerprint density at radius 1 is 1.04 bits per heavy atom. The average Bonchev–Trinajstić information content (AvgIpc) is 2.60. The van der Waals surface area contributed by atoms with Gasteiger partial charge in [0, 0.05) is 38.1 Å². The van der Waals surface area contributed by atoms with Crippen molar-refractivity contribution in [2.24, 2.45) is 5.92 Å². The number of hydrogen-bond donors (Lipinski definition) is 1. The van der Waals surface area contributed by atoms with Gasteiger partial charge in [0.25, 0.3) is 0 Å². The predicted molar refractivity (Wildman–Crippen MR) is 103 cm³/mol. The Balaban J connectivity index is 1.76. The molecule has 2 fully saturated rings. The summed E-state index contributed by atoms with van der Waals surface area (Å²) in [6.07, 6.45) is 2.14. The molecule has 8 nitrogen and oxygen atoms in total. The van der Waals surface area contributed by atoms with Gasteiger partial charge in [-0.1, -0.05) is 0 Å². The highest BCUT2D eigenvalue weighted by Gasteiger charge is 2.34. The van der Waals surface area contributed by atoms with Gasteiger partial charge in [-0.05, 0) is 53.4 Å². The van der Waals surface area contributed by atoms with Crippen LogP contribution in [-0.2, 0) is 19.6 Å². The SMILES string of the molecule is CCS(=O)(=O)N1CCC(C(=O)N2CCC(NC(=O)OC(C)(C)C)CC2)CC1. The molecule has 2 aliphatic heterocycles. The van der Waals surface area contributed by atoms with E-state index in [1.807, 2.05) is 25.7 Å². The number of sulfonamides is 1. The lowest BCUT2D eigenvalue weighted by molar-refractivity contribution is -0.137. The molecule has 0 radical (unpaired) electrons. The molecule has 0 saturated carbocycles. The number of likely N-dealkylation sites (tertiary alicyclic amines) is 1. The molecule has 0 bridgehead atoms. The van der Waals surface area contributed by atoms with Gasteiger partial charge in [-0.3, -0.25) is 4.79 Å². The van der Waals surface area contributed by atoms with Crippen molar-refractivity contribution in [3.05, 3.63) is 0 Å². The van der Waals surface area contributed by atoms with E-state index in [1.165, 1.54) is 4.31 Å². The first kappa shape index (κ1) is 21.9. The van der Waals surface area contributed by atoms with Gasteiger partial charge in [0.15, 0.2) is 0 Å². The fourth-order valence-corrected chi connectivity index (χ4v) is 4.67. The fourth-order valence-electron chi connectivity index (χ4n) is 3.54. The van der Waals surface area contributed by atoms with Crippen molar-refractivity contribution >= 4 is 22.0 Å². The largest absolute Gasteiger partial charge is 0.444 e. The van der Waals surface area contributed by atoms with Crippen molar-refractivity contribution in [3.63, 3.8) is 0 Å². The van der Waals surface area contributed by atoms with Gasteiger partial charge in [-0.25, -0.2) is 17.5 Å². The molecule has 2 aliphatic rings.